The lowest BCUT2D eigenvalue weighted by molar-refractivity contribution is -0.118. The van der Waals surface area contributed by atoms with Crippen molar-refractivity contribution in [2.75, 3.05) is 25.0 Å². The van der Waals surface area contributed by atoms with E-state index in [1.165, 1.54) is 4.90 Å². The maximum Gasteiger partial charge on any atom is 0.410 e. The molecule has 2 heterocycles. The van der Waals surface area contributed by atoms with E-state index < -0.39 is 11.7 Å². The molecule has 0 aliphatic rings. The first kappa shape index (κ1) is 21.7. The van der Waals surface area contributed by atoms with Gasteiger partial charge in [-0.1, -0.05) is 11.6 Å². The number of ether oxygens (including phenoxy) is 1. The van der Waals surface area contributed by atoms with Crippen LogP contribution in [0.4, 0.5) is 10.5 Å². The van der Waals surface area contributed by atoms with E-state index in [-0.39, 0.29) is 24.0 Å². The summed E-state index contributed by atoms with van der Waals surface area (Å²) in [6, 6.07) is 3.63. The molecule has 0 saturated carbocycles. The molecule has 0 N–H and O–H groups in total. The summed E-state index contributed by atoms with van der Waals surface area (Å²) >= 11 is 6.27. The number of carbonyl (C=O) groups excluding carboxylic acids is 2. The molecular weight excluding hydrogens is 382 g/mol. The minimum absolute atomic E-state index is 0.137. The number of halogens is 1. The van der Waals surface area contributed by atoms with Crippen molar-refractivity contribution in [3.8, 4) is 5.69 Å². The van der Waals surface area contributed by atoms with E-state index in [0.29, 0.717) is 12.2 Å². The smallest absolute Gasteiger partial charge is 0.410 e. The number of carbonyl (C=O) groups is 2. The molecular formula is C19H26ClN5O3. The van der Waals surface area contributed by atoms with Crippen molar-refractivity contribution in [3.05, 3.63) is 35.9 Å². The zero-order valence-electron chi connectivity index (χ0n) is 16.8. The topological polar surface area (TPSA) is 80.6 Å². The van der Waals surface area contributed by atoms with E-state index >= 15 is 0 Å². The van der Waals surface area contributed by atoms with Gasteiger partial charge in [0.15, 0.2) is 5.15 Å². The van der Waals surface area contributed by atoms with E-state index in [9.17, 15) is 9.59 Å². The Labute approximate surface area is 170 Å². The normalized spacial score (nSPS) is 11.2. The second kappa shape index (κ2) is 9.05. The molecule has 0 saturated heterocycles. The fourth-order valence-corrected chi connectivity index (χ4v) is 2.69. The Morgan fingerprint density at radius 3 is 2.61 bits per heavy atom. The summed E-state index contributed by atoms with van der Waals surface area (Å²) < 4.78 is 6.87. The second-order valence-electron chi connectivity index (χ2n) is 7.25. The fourth-order valence-electron chi connectivity index (χ4n) is 2.46. The zero-order chi connectivity index (χ0) is 20.9. The number of rotatable bonds is 6. The second-order valence-corrected chi connectivity index (χ2v) is 7.61. The predicted molar refractivity (Wildman–Crippen MR) is 108 cm³/mol. The van der Waals surface area contributed by atoms with Crippen LogP contribution in [0.25, 0.3) is 5.69 Å². The highest BCUT2D eigenvalue weighted by Gasteiger charge is 2.23. The molecule has 2 aromatic rings. The molecule has 2 amide bonds. The van der Waals surface area contributed by atoms with Crippen LogP contribution in [0.3, 0.4) is 0 Å². The number of hydrogen-bond donors (Lipinski definition) is 0. The van der Waals surface area contributed by atoms with Crippen LogP contribution in [-0.4, -0.2) is 57.4 Å². The van der Waals surface area contributed by atoms with Crippen molar-refractivity contribution in [1.82, 2.24) is 19.7 Å². The molecule has 0 atom stereocenters. The number of aromatic nitrogens is 3. The van der Waals surface area contributed by atoms with Crippen LogP contribution in [0.1, 0.15) is 34.1 Å². The molecule has 0 spiro atoms. The number of hydrogen-bond acceptors (Lipinski definition) is 5. The summed E-state index contributed by atoms with van der Waals surface area (Å²) in [5.74, 6) is -0.162. The first-order valence-electron chi connectivity index (χ1n) is 9.02. The van der Waals surface area contributed by atoms with E-state index in [2.05, 4.69) is 10.1 Å². The molecule has 152 valence electrons. The Morgan fingerprint density at radius 2 is 2.04 bits per heavy atom. The van der Waals surface area contributed by atoms with Crippen molar-refractivity contribution in [2.24, 2.45) is 0 Å². The van der Waals surface area contributed by atoms with E-state index in [0.717, 1.165) is 5.69 Å². The average Bonchev–Trinajstić information content (AvgIpc) is 3.01. The molecule has 28 heavy (non-hydrogen) atoms. The van der Waals surface area contributed by atoms with Crippen LogP contribution in [0.2, 0.25) is 5.15 Å². The molecule has 0 fully saturated rings. The number of nitrogens with zero attached hydrogens (tertiary/aromatic N) is 5. The lowest BCUT2D eigenvalue weighted by Crippen LogP contribution is -2.38. The lowest BCUT2D eigenvalue weighted by atomic mass is 10.2. The number of amides is 2. The van der Waals surface area contributed by atoms with Gasteiger partial charge in [-0.15, -0.1) is 0 Å². The van der Waals surface area contributed by atoms with Crippen LogP contribution < -0.4 is 4.90 Å². The van der Waals surface area contributed by atoms with Gasteiger partial charge in [0.05, 0.1) is 18.1 Å². The van der Waals surface area contributed by atoms with Gasteiger partial charge < -0.3 is 14.5 Å². The minimum atomic E-state index is -0.584. The van der Waals surface area contributed by atoms with Gasteiger partial charge >= 0.3 is 6.09 Å². The van der Waals surface area contributed by atoms with Gasteiger partial charge in [0.2, 0.25) is 5.91 Å². The standard InChI is InChI=1S/C19H26ClN5O3/c1-6-24(16(26)9-11-23(5)18(27)28-19(2,3)4)15-13-25(22-17(15)20)14-8-7-10-21-12-14/h7-8,10,12-13H,6,9,11H2,1-5H3. The van der Waals surface area contributed by atoms with Crippen LogP contribution in [0, 0.1) is 0 Å². The fraction of sp³-hybridized carbons (Fsp3) is 0.474. The molecule has 9 heteroatoms. The maximum atomic E-state index is 12.7. The Hall–Kier alpha value is -2.61. The highest BCUT2D eigenvalue weighted by Crippen LogP contribution is 2.26. The zero-order valence-corrected chi connectivity index (χ0v) is 17.6. The summed E-state index contributed by atoms with van der Waals surface area (Å²) in [4.78, 5) is 31.7. The molecule has 0 aliphatic heterocycles. The molecule has 2 aromatic heterocycles. The van der Waals surface area contributed by atoms with Crippen LogP contribution in [0.15, 0.2) is 30.7 Å². The summed E-state index contributed by atoms with van der Waals surface area (Å²) in [6.07, 6.45) is 4.68. The largest absolute Gasteiger partial charge is 0.444 e. The average molecular weight is 408 g/mol. The summed E-state index contributed by atoms with van der Waals surface area (Å²) in [6.45, 7) is 7.90. The van der Waals surface area contributed by atoms with Crippen molar-refractivity contribution in [2.45, 2.75) is 39.7 Å². The SMILES string of the molecule is CCN(C(=O)CCN(C)C(=O)OC(C)(C)C)c1cn(-c2cccnc2)nc1Cl. The van der Waals surface area contributed by atoms with E-state index in [1.54, 1.807) is 62.1 Å². The van der Waals surface area contributed by atoms with E-state index in [1.807, 2.05) is 13.0 Å². The Balaban J connectivity index is 2.06. The first-order chi connectivity index (χ1) is 13.1. The molecule has 8 nitrogen and oxygen atoms in total. The Bertz CT molecular complexity index is 817. The molecule has 0 aromatic carbocycles. The van der Waals surface area contributed by atoms with Crippen molar-refractivity contribution in [3.63, 3.8) is 0 Å². The van der Waals surface area contributed by atoms with E-state index in [4.69, 9.17) is 16.3 Å². The minimum Gasteiger partial charge on any atom is -0.444 e. The summed E-state index contributed by atoms with van der Waals surface area (Å²) in [5, 5.41) is 4.48. The Kier molecular flexibility index (Phi) is 7.01. The third-order valence-corrected chi connectivity index (χ3v) is 4.11. The Morgan fingerprint density at radius 1 is 1.32 bits per heavy atom. The third-order valence-electron chi connectivity index (χ3n) is 3.84. The van der Waals surface area contributed by atoms with Gasteiger partial charge in [0.1, 0.15) is 11.3 Å². The molecule has 0 bridgehead atoms. The predicted octanol–water partition coefficient (Wildman–Crippen LogP) is 3.53. The third kappa shape index (κ3) is 5.69. The number of anilines is 1. The molecule has 0 unspecified atom stereocenters. The van der Waals surface area contributed by atoms with Crippen LogP contribution in [-0.2, 0) is 9.53 Å². The molecule has 0 radical (unpaired) electrons. The van der Waals surface area contributed by atoms with Gasteiger partial charge in [-0.25, -0.2) is 9.48 Å². The van der Waals surface area contributed by atoms with Crippen molar-refractivity contribution in [1.29, 1.82) is 0 Å². The summed E-state index contributed by atoms with van der Waals surface area (Å²) in [7, 11) is 1.60. The number of pyridine rings is 1. The maximum absolute atomic E-state index is 12.7. The van der Waals surface area contributed by atoms with Gasteiger partial charge in [-0.05, 0) is 39.8 Å². The molecule has 0 aliphatic carbocycles. The van der Waals surface area contributed by atoms with Crippen molar-refractivity contribution < 1.29 is 14.3 Å². The van der Waals surface area contributed by atoms with Gasteiger partial charge in [0.25, 0.3) is 0 Å². The quantitative estimate of drug-likeness (QED) is 0.731. The lowest BCUT2D eigenvalue weighted by Gasteiger charge is -2.25. The molecule has 2 rings (SSSR count). The van der Waals surface area contributed by atoms with Gasteiger partial charge in [0, 0.05) is 32.8 Å². The van der Waals surface area contributed by atoms with Gasteiger partial charge in [-0.3, -0.25) is 9.78 Å². The monoisotopic (exact) mass is 407 g/mol. The first-order valence-corrected chi connectivity index (χ1v) is 9.40. The highest BCUT2D eigenvalue weighted by molar-refractivity contribution is 6.32. The van der Waals surface area contributed by atoms with Gasteiger partial charge in [-0.2, -0.15) is 5.10 Å². The van der Waals surface area contributed by atoms with Crippen LogP contribution in [0.5, 0.6) is 0 Å². The van der Waals surface area contributed by atoms with Crippen LogP contribution >= 0.6 is 11.6 Å². The highest BCUT2D eigenvalue weighted by atomic mass is 35.5. The summed E-state index contributed by atoms with van der Waals surface area (Å²) in [5.41, 5.74) is 0.668. The van der Waals surface area contributed by atoms with Crippen molar-refractivity contribution >= 4 is 29.3 Å².